The number of nitrogens with zero attached hydrogens (tertiary/aromatic N) is 3. The molecule has 0 aliphatic carbocycles. The van der Waals surface area contributed by atoms with Gasteiger partial charge in [0, 0.05) is 55.6 Å². The highest BCUT2D eigenvalue weighted by atomic mass is 32.1. The van der Waals surface area contributed by atoms with Gasteiger partial charge in [0.1, 0.15) is 0 Å². The van der Waals surface area contributed by atoms with Crippen molar-refractivity contribution in [3.05, 3.63) is 21.9 Å². The van der Waals surface area contributed by atoms with Crippen LogP contribution in [0.5, 0.6) is 0 Å². The fraction of sp³-hybridized carbons (Fsp3) is 0.778. The van der Waals surface area contributed by atoms with Gasteiger partial charge in [-0.25, -0.2) is 0 Å². The van der Waals surface area contributed by atoms with Crippen LogP contribution in [0.3, 0.4) is 0 Å². The van der Waals surface area contributed by atoms with Gasteiger partial charge in [-0.15, -0.1) is 11.3 Å². The van der Waals surface area contributed by atoms with E-state index in [0.717, 1.165) is 26.2 Å². The summed E-state index contributed by atoms with van der Waals surface area (Å²) in [5, 5.41) is 9.80. The number of aliphatic hydroxyl groups excluding tert-OH is 1. The van der Waals surface area contributed by atoms with Crippen LogP contribution in [-0.4, -0.2) is 79.3 Å². The zero-order valence-electron chi connectivity index (χ0n) is 14.6. The lowest BCUT2D eigenvalue weighted by atomic mass is 9.96. The van der Waals surface area contributed by atoms with E-state index in [1.54, 1.807) is 0 Å². The summed E-state index contributed by atoms with van der Waals surface area (Å²) in [7, 11) is 2.22. The smallest absolute Gasteiger partial charge is 0.0475 e. The van der Waals surface area contributed by atoms with Crippen LogP contribution in [0.2, 0.25) is 0 Å². The second-order valence-electron chi connectivity index (χ2n) is 7.37. The summed E-state index contributed by atoms with van der Waals surface area (Å²) in [6.07, 6.45) is 1.27. The summed E-state index contributed by atoms with van der Waals surface area (Å²) in [6, 6.07) is 4.47. The molecule has 0 radical (unpaired) electrons. The molecular formula is C18H31N3OS. The van der Waals surface area contributed by atoms with Crippen molar-refractivity contribution in [2.45, 2.75) is 19.9 Å². The van der Waals surface area contributed by atoms with Gasteiger partial charge in [-0.05, 0) is 57.5 Å². The highest BCUT2D eigenvalue weighted by Gasteiger charge is 2.33. The molecule has 2 aliphatic rings. The SMILES string of the molecule is Cc1ccc(CN2C[C@@H](CN3CCCN(C)CC3)[C@@H](CO)C2)s1. The molecule has 1 aromatic rings. The van der Waals surface area contributed by atoms with Gasteiger partial charge in [0.05, 0.1) is 0 Å². The van der Waals surface area contributed by atoms with Crippen molar-refractivity contribution < 1.29 is 5.11 Å². The Morgan fingerprint density at radius 3 is 2.65 bits per heavy atom. The third kappa shape index (κ3) is 4.77. The first-order chi connectivity index (χ1) is 11.1. The van der Waals surface area contributed by atoms with Gasteiger partial charge < -0.3 is 14.9 Å². The summed E-state index contributed by atoms with van der Waals surface area (Å²) in [5.41, 5.74) is 0. The number of thiophene rings is 1. The molecule has 4 nitrogen and oxygen atoms in total. The van der Waals surface area contributed by atoms with Crippen molar-refractivity contribution in [1.29, 1.82) is 0 Å². The fourth-order valence-electron chi connectivity index (χ4n) is 3.98. The van der Waals surface area contributed by atoms with Crippen molar-refractivity contribution in [3.63, 3.8) is 0 Å². The molecule has 0 unspecified atom stereocenters. The van der Waals surface area contributed by atoms with E-state index in [4.69, 9.17) is 0 Å². The van der Waals surface area contributed by atoms with Crippen molar-refractivity contribution in [1.82, 2.24) is 14.7 Å². The minimum absolute atomic E-state index is 0.332. The second-order valence-corrected chi connectivity index (χ2v) is 8.74. The van der Waals surface area contributed by atoms with E-state index in [2.05, 4.69) is 40.8 Å². The quantitative estimate of drug-likeness (QED) is 0.886. The molecule has 2 saturated heterocycles. The Bertz CT molecular complexity index is 492. The molecule has 23 heavy (non-hydrogen) atoms. The number of aliphatic hydroxyl groups is 1. The molecule has 1 N–H and O–H groups in total. The predicted octanol–water partition coefficient (Wildman–Crippen LogP) is 1.73. The predicted molar refractivity (Wildman–Crippen MR) is 97.0 cm³/mol. The van der Waals surface area contributed by atoms with Crippen LogP contribution >= 0.6 is 11.3 Å². The standard InChI is InChI=1S/C18H31N3OS/c1-15-4-5-18(23-15)13-21-11-16(17(12-21)14-22)10-20-7-3-6-19(2)8-9-20/h4-5,16-17,22H,3,6-14H2,1-2H3/t16-,17-/m1/s1. The lowest BCUT2D eigenvalue weighted by molar-refractivity contribution is 0.165. The summed E-state index contributed by atoms with van der Waals surface area (Å²) in [4.78, 5) is 10.4. The molecule has 0 bridgehead atoms. The molecule has 0 saturated carbocycles. The Balaban J connectivity index is 1.54. The first-order valence-electron chi connectivity index (χ1n) is 8.93. The first kappa shape index (κ1) is 17.4. The summed E-state index contributed by atoms with van der Waals surface area (Å²) in [5.74, 6) is 1.06. The van der Waals surface area contributed by atoms with E-state index >= 15 is 0 Å². The van der Waals surface area contributed by atoms with Crippen LogP contribution in [0.25, 0.3) is 0 Å². The molecule has 0 aromatic carbocycles. The maximum Gasteiger partial charge on any atom is 0.0475 e. The van der Waals surface area contributed by atoms with Crippen molar-refractivity contribution in [2.24, 2.45) is 11.8 Å². The van der Waals surface area contributed by atoms with Gasteiger partial charge in [0.2, 0.25) is 0 Å². The molecular weight excluding hydrogens is 306 g/mol. The number of rotatable bonds is 5. The van der Waals surface area contributed by atoms with Crippen LogP contribution in [0, 0.1) is 18.8 Å². The minimum atomic E-state index is 0.332. The Labute approximate surface area is 144 Å². The number of likely N-dealkylation sites (tertiary alicyclic amines) is 1. The third-order valence-electron chi connectivity index (χ3n) is 5.37. The van der Waals surface area contributed by atoms with Crippen LogP contribution < -0.4 is 0 Å². The Morgan fingerprint density at radius 1 is 1.09 bits per heavy atom. The fourth-order valence-corrected chi connectivity index (χ4v) is 4.92. The lowest BCUT2D eigenvalue weighted by Crippen LogP contribution is -2.36. The topological polar surface area (TPSA) is 30.0 Å². The average molecular weight is 338 g/mol. The van der Waals surface area contributed by atoms with Crippen LogP contribution in [-0.2, 0) is 6.54 Å². The van der Waals surface area contributed by atoms with Gasteiger partial charge in [-0.1, -0.05) is 0 Å². The zero-order chi connectivity index (χ0) is 16.2. The maximum atomic E-state index is 9.80. The largest absolute Gasteiger partial charge is 0.396 e. The van der Waals surface area contributed by atoms with Gasteiger partial charge in [-0.2, -0.15) is 0 Å². The molecule has 3 heterocycles. The third-order valence-corrected chi connectivity index (χ3v) is 6.35. The van der Waals surface area contributed by atoms with Crippen molar-refractivity contribution in [2.75, 3.05) is 59.5 Å². The van der Waals surface area contributed by atoms with Gasteiger partial charge in [0.25, 0.3) is 0 Å². The van der Waals surface area contributed by atoms with E-state index < -0.39 is 0 Å². The molecule has 5 heteroatoms. The zero-order valence-corrected chi connectivity index (χ0v) is 15.4. The molecule has 2 aliphatic heterocycles. The number of hydrogen-bond acceptors (Lipinski definition) is 5. The molecule has 0 spiro atoms. The highest BCUT2D eigenvalue weighted by Crippen LogP contribution is 2.27. The van der Waals surface area contributed by atoms with Crippen molar-refractivity contribution >= 4 is 11.3 Å². The van der Waals surface area contributed by atoms with Gasteiger partial charge >= 0.3 is 0 Å². The number of likely N-dealkylation sites (N-methyl/N-ethyl adjacent to an activating group) is 1. The first-order valence-corrected chi connectivity index (χ1v) is 9.75. The van der Waals surface area contributed by atoms with Crippen LogP contribution in [0.1, 0.15) is 16.2 Å². The highest BCUT2D eigenvalue weighted by molar-refractivity contribution is 7.11. The lowest BCUT2D eigenvalue weighted by Gasteiger charge is -2.26. The number of aryl methyl sites for hydroxylation is 1. The Hall–Kier alpha value is -0.460. The monoisotopic (exact) mass is 337 g/mol. The molecule has 1 aromatic heterocycles. The normalized spacial score (nSPS) is 28.3. The maximum absolute atomic E-state index is 9.80. The molecule has 2 fully saturated rings. The van der Waals surface area contributed by atoms with E-state index in [1.807, 2.05) is 11.3 Å². The number of hydrogen-bond donors (Lipinski definition) is 1. The minimum Gasteiger partial charge on any atom is -0.396 e. The van der Waals surface area contributed by atoms with Crippen LogP contribution in [0.15, 0.2) is 12.1 Å². The van der Waals surface area contributed by atoms with E-state index in [1.165, 1.54) is 42.4 Å². The van der Waals surface area contributed by atoms with Gasteiger partial charge in [0.15, 0.2) is 0 Å². The summed E-state index contributed by atoms with van der Waals surface area (Å²) < 4.78 is 0. The average Bonchev–Trinajstić information content (AvgIpc) is 3.04. The van der Waals surface area contributed by atoms with E-state index in [0.29, 0.717) is 18.4 Å². The summed E-state index contributed by atoms with van der Waals surface area (Å²) in [6.45, 7) is 11.7. The molecule has 3 rings (SSSR count). The summed E-state index contributed by atoms with van der Waals surface area (Å²) >= 11 is 1.90. The Kier molecular flexibility index (Phi) is 6.10. The molecule has 130 valence electrons. The Morgan fingerprint density at radius 2 is 1.91 bits per heavy atom. The second kappa shape index (κ2) is 8.08. The van der Waals surface area contributed by atoms with E-state index in [-0.39, 0.29) is 0 Å². The van der Waals surface area contributed by atoms with E-state index in [9.17, 15) is 5.11 Å². The van der Waals surface area contributed by atoms with Crippen molar-refractivity contribution in [3.8, 4) is 0 Å². The van der Waals surface area contributed by atoms with Crippen LogP contribution in [0.4, 0.5) is 0 Å². The molecule has 2 atom stereocenters. The van der Waals surface area contributed by atoms with Gasteiger partial charge in [-0.3, -0.25) is 4.90 Å². The molecule has 0 amide bonds.